The molecular weight excluding hydrogens is 410 g/mol. The Hall–Kier alpha value is -2.42. The molecule has 1 aliphatic heterocycles. The van der Waals surface area contributed by atoms with Crippen LogP contribution in [0.15, 0.2) is 12.4 Å². The second-order valence-corrected chi connectivity index (χ2v) is 10.7. The molecule has 0 radical (unpaired) electrons. The molecule has 5 aliphatic carbocycles. The maximum absolute atomic E-state index is 12.9. The van der Waals surface area contributed by atoms with Gasteiger partial charge >= 0.3 is 6.09 Å². The molecule has 6 atom stereocenters. The van der Waals surface area contributed by atoms with Crippen LogP contribution in [0.4, 0.5) is 10.7 Å². The summed E-state index contributed by atoms with van der Waals surface area (Å²) in [6, 6.07) is 0.348. The van der Waals surface area contributed by atoms with E-state index in [9.17, 15) is 14.7 Å². The molecular formula is C23H31N5O4. The zero-order valence-electron chi connectivity index (χ0n) is 18.2. The van der Waals surface area contributed by atoms with Crippen LogP contribution in [0.3, 0.4) is 0 Å². The van der Waals surface area contributed by atoms with E-state index in [2.05, 4.69) is 20.6 Å². The van der Waals surface area contributed by atoms with Crippen LogP contribution < -0.4 is 10.6 Å². The van der Waals surface area contributed by atoms with E-state index >= 15 is 0 Å². The first-order chi connectivity index (χ1) is 15.4. The van der Waals surface area contributed by atoms with Crippen LogP contribution in [-0.2, 0) is 4.74 Å². The van der Waals surface area contributed by atoms with Gasteiger partial charge in [0.25, 0.3) is 5.91 Å². The van der Waals surface area contributed by atoms with E-state index in [-0.39, 0.29) is 24.1 Å². The summed E-state index contributed by atoms with van der Waals surface area (Å²) < 4.78 is 6.01. The number of nitrogens with zero attached hydrogens (tertiary/aromatic N) is 3. The number of likely N-dealkylation sites (tertiary alicyclic amines) is 1. The van der Waals surface area contributed by atoms with Gasteiger partial charge in [-0.1, -0.05) is 0 Å². The zero-order valence-corrected chi connectivity index (χ0v) is 18.2. The Balaban J connectivity index is 1.01. The highest BCUT2D eigenvalue weighted by atomic mass is 16.6. The zero-order chi connectivity index (χ0) is 21.9. The van der Waals surface area contributed by atoms with Gasteiger partial charge in [-0.3, -0.25) is 4.79 Å². The molecule has 4 bridgehead atoms. The molecule has 6 aliphatic rings. The monoisotopic (exact) mass is 441 g/mol. The van der Waals surface area contributed by atoms with E-state index in [4.69, 9.17) is 4.74 Å². The summed E-state index contributed by atoms with van der Waals surface area (Å²) in [5.41, 5.74) is -0.0599. The first kappa shape index (κ1) is 20.2. The van der Waals surface area contributed by atoms with Gasteiger partial charge in [0.2, 0.25) is 5.95 Å². The Morgan fingerprint density at radius 2 is 1.78 bits per heavy atom. The molecule has 0 aromatic carbocycles. The maximum atomic E-state index is 12.9. The van der Waals surface area contributed by atoms with Crippen molar-refractivity contribution in [3.05, 3.63) is 18.0 Å². The van der Waals surface area contributed by atoms with Crippen molar-refractivity contribution >= 4 is 17.9 Å². The van der Waals surface area contributed by atoms with Crippen molar-refractivity contribution in [2.24, 2.45) is 17.8 Å². The minimum Gasteiger partial charge on any atom is -0.446 e. The first-order valence-electron chi connectivity index (χ1n) is 12.0. The summed E-state index contributed by atoms with van der Waals surface area (Å²) in [5.74, 6) is 1.53. The number of anilines is 1. The van der Waals surface area contributed by atoms with Gasteiger partial charge in [-0.15, -0.1) is 0 Å². The van der Waals surface area contributed by atoms with Gasteiger partial charge in [0.1, 0.15) is 6.10 Å². The Morgan fingerprint density at radius 3 is 2.44 bits per heavy atom. The smallest absolute Gasteiger partial charge is 0.410 e. The van der Waals surface area contributed by atoms with E-state index in [1.54, 1.807) is 4.90 Å². The largest absolute Gasteiger partial charge is 0.446 e. The first-order valence-corrected chi connectivity index (χ1v) is 12.0. The number of aromatic nitrogens is 2. The molecule has 0 spiro atoms. The third kappa shape index (κ3) is 3.91. The number of carbonyl (C=O) groups excluding carboxylic acids is 2. The molecule has 7 rings (SSSR count). The molecule has 1 saturated heterocycles. The summed E-state index contributed by atoms with van der Waals surface area (Å²) in [6.45, 7) is 1.17. The highest BCUT2D eigenvalue weighted by Crippen LogP contribution is 2.56. The third-order valence-corrected chi connectivity index (χ3v) is 8.00. The van der Waals surface area contributed by atoms with Crippen LogP contribution >= 0.6 is 0 Å². The van der Waals surface area contributed by atoms with E-state index in [1.165, 1.54) is 12.4 Å². The fourth-order valence-electron chi connectivity index (χ4n) is 6.56. The highest BCUT2D eigenvalue weighted by molar-refractivity contribution is 5.94. The lowest BCUT2D eigenvalue weighted by molar-refractivity contribution is -0.177. The molecule has 1 aromatic heterocycles. The molecule has 1 aromatic rings. The molecule has 6 fully saturated rings. The van der Waals surface area contributed by atoms with Crippen molar-refractivity contribution in [1.82, 2.24) is 20.2 Å². The number of hydrogen-bond acceptors (Lipinski definition) is 7. The van der Waals surface area contributed by atoms with E-state index in [0.717, 1.165) is 51.4 Å². The van der Waals surface area contributed by atoms with Crippen molar-refractivity contribution < 1.29 is 19.4 Å². The summed E-state index contributed by atoms with van der Waals surface area (Å²) >= 11 is 0. The van der Waals surface area contributed by atoms with Gasteiger partial charge in [-0.2, -0.15) is 0 Å². The molecule has 2 heterocycles. The van der Waals surface area contributed by atoms with Crippen molar-refractivity contribution in [3.8, 4) is 0 Å². The van der Waals surface area contributed by atoms with Gasteiger partial charge in [0, 0.05) is 37.6 Å². The average Bonchev–Trinajstić information content (AvgIpc) is 3.44. The predicted octanol–water partition coefficient (Wildman–Crippen LogP) is 1.93. The lowest BCUT2D eigenvalue weighted by Crippen LogP contribution is -2.58. The van der Waals surface area contributed by atoms with Gasteiger partial charge < -0.3 is 25.4 Å². The van der Waals surface area contributed by atoms with Crippen LogP contribution in [-0.4, -0.2) is 68.9 Å². The van der Waals surface area contributed by atoms with Crippen molar-refractivity contribution in [2.75, 3.05) is 18.4 Å². The minimum absolute atomic E-state index is 0.0490. The molecule has 172 valence electrons. The minimum atomic E-state index is -0.518. The molecule has 9 heteroatoms. The summed E-state index contributed by atoms with van der Waals surface area (Å²) in [4.78, 5) is 35.2. The Labute approximate surface area is 187 Å². The Morgan fingerprint density at radius 1 is 1.06 bits per heavy atom. The Bertz CT molecular complexity index is 888. The topological polar surface area (TPSA) is 117 Å². The second-order valence-electron chi connectivity index (χ2n) is 10.7. The van der Waals surface area contributed by atoms with E-state index in [1.807, 2.05) is 0 Å². The van der Waals surface area contributed by atoms with Gasteiger partial charge in [0.15, 0.2) is 0 Å². The van der Waals surface area contributed by atoms with E-state index in [0.29, 0.717) is 48.4 Å². The lowest BCUT2D eigenvalue weighted by atomic mass is 9.53. The number of carbonyl (C=O) groups is 2. The molecule has 3 N–H and O–H groups in total. The van der Waals surface area contributed by atoms with Crippen LogP contribution in [0, 0.1) is 17.8 Å². The van der Waals surface area contributed by atoms with Crippen LogP contribution in [0.25, 0.3) is 0 Å². The summed E-state index contributed by atoms with van der Waals surface area (Å²) in [7, 11) is 0. The van der Waals surface area contributed by atoms with Gasteiger partial charge in [-0.25, -0.2) is 14.8 Å². The summed E-state index contributed by atoms with van der Waals surface area (Å²) in [5, 5.41) is 16.9. The maximum Gasteiger partial charge on any atom is 0.410 e. The van der Waals surface area contributed by atoms with Crippen LogP contribution in [0.1, 0.15) is 61.7 Å². The fraction of sp³-hybridized carbons (Fsp3) is 0.739. The van der Waals surface area contributed by atoms with Crippen LogP contribution in [0.5, 0.6) is 0 Å². The Kier molecular flexibility index (Phi) is 4.78. The molecule has 5 saturated carbocycles. The number of aliphatic hydroxyl groups is 1. The average molecular weight is 442 g/mol. The van der Waals surface area contributed by atoms with Gasteiger partial charge in [-0.05, 0) is 69.1 Å². The number of amides is 2. The quantitative estimate of drug-likeness (QED) is 0.639. The fourth-order valence-corrected chi connectivity index (χ4v) is 6.56. The summed E-state index contributed by atoms with van der Waals surface area (Å²) in [6.07, 6.45) is 10.3. The number of ether oxygens (including phenoxy) is 1. The molecule has 32 heavy (non-hydrogen) atoms. The number of hydrogen-bond donors (Lipinski definition) is 3. The molecule has 4 unspecified atom stereocenters. The van der Waals surface area contributed by atoms with Crippen molar-refractivity contribution in [2.45, 2.75) is 75.2 Å². The van der Waals surface area contributed by atoms with Gasteiger partial charge in [0.05, 0.1) is 11.2 Å². The SMILES string of the molecule is O=C(NC1CC1)c1cnc(N[C@@H]2CCN(C(=O)OC3C4CC5C[C@H]3CC(O)(C5)C4)C2)nc1. The standard InChI is InChI=1S/C23H31N5O4/c29-20(26-17-1-2-17)16-10-24-21(25-11-16)27-18-3-4-28(12-18)22(30)32-19-14-5-13-6-15(19)9-23(31,7-13)8-14/h10-11,13-15,17-19,31H,1-9,12H2,(H,26,29)(H,24,25,27)/t13?,14-,15?,18+,19?,23?/m0/s1. The van der Waals surface area contributed by atoms with Crippen LogP contribution in [0.2, 0.25) is 0 Å². The molecule has 2 amide bonds. The highest BCUT2D eigenvalue weighted by Gasteiger charge is 2.56. The molecule has 9 nitrogen and oxygen atoms in total. The van der Waals surface area contributed by atoms with Crippen molar-refractivity contribution in [1.29, 1.82) is 0 Å². The third-order valence-electron chi connectivity index (χ3n) is 8.00. The predicted molar refractivity (Wildman–Crippen MR) is 115 cm³/mol. The number of rotatable bonds is 5. The number of nitrogens with one attached hydrogen (secondary N) is 2. The van der Waals surface area contributed by atoms with E-state index < -0.39 is 5.60 Å². The van der Waals surface area contributed by atoms with Crippen molar-refractivity contribution in [3.63, 3.8) is 0 Å². The lowest BCUT2D eigenvalue weighted by Gasteiger charge is -2.57. The normalized spacial score (nSPS) is 37.4. The second kappa shape index (κ2) is 7.57.